The summed E-state index contributed by atoms with van der Waals surface area (Å²) in [6, 6.07) is 0.953. The number of hydrogen-bond donors (Lipinski definition) is 1. The van der Waals surface area contributed by atoms with Gasteiger partial charge in [0.15, 0.2) is 10.8 Å². The Kier molecular flexibility index (Phi) is 3.00. The van der Waals surface area contributed by atoms with Crippen molar-refractivity contribution in [3.05, 3.63) is 17.3 Å². The van der Waals surface area contributed by atoms with E-state index in [1.807, 2.05) is 0 Å². The molecule has 2 N–H and O–H groups in total. The van der Waals surface area contributed by atoms with Crippen molar-refractivity contribution in [2.45, 2.75) is 51.1 Å². The summed E-state index contributed by atoms with van der Waals surface area (Å²) in [5, 5.41) is 2.11. The molecule has 2 fully saturated rings. The molecule has 1 saturated carbocycles. The zero-order valence-electron chi connectivity index (χ0n) is 12.0. The maximum absolute atomic E-state index is 6.21. The average molecular weight is 290 g/mol. The van der Waals surface area contributed by atoms with Crippen LogP contribution in [0.25, 0.3) is 4.96 Å². The Balaban J connectivity index is 1.74. The van der Waals surface area contributed by atoms with Gasteiger partial charge in [0.2, 0.25) is 0 Å². The third-order valence-corrected chi connectivity index (χ3v) is 5.76. The van der Waals surface area contributed by atoms with Crippen LogP contribution >= 0.6 is 11.3 Å². The Hall–Kier alpha value is -1.07. The van der Waals surface area contributed by atoms with Gasteiger partial charge in [0.05, 0.1) is 5.69 Å². The quantitative estimate of drug-likeness (QED) is 0.941. The Morgan fingerprint density at radius 1 is 1.50 bits per heavy atom. The number of hydrogen-bond acceptors (Lipinski definition) is 4. The summed E-state index contributed by atoms with van der Waals surface area (Å²) in [6.45, 7) is 3.36. The van der Waals surface area contributed by atoms with Crippen LogP contribution in [-0.2, 0) is 6.42 Å². The number of nitrogens with two attached hydrogens (primary N) is 1. The molecule has 3 heterocycles. The predicted molar refractivity (Wildman–Crippen MR) is 83.5 cm³/mol. The smallest absolute Gasteiger partial charge is 0.195 e. The SMILES string of the molecule is CCC(N)Cc1c(N2CC3CCC2C3)nc2sccn12. The van der Waals surface area contributed by atoms with Gasteiger partial charge in [0.25, 0.3) is 0 Å². The minimum Gasteiger partial charge on any atom is -0.352 e. The molecule has 3 unspecified atom stereocenters. The molecule has 3 atom stereocenters. The first-order valence-corrected chi connectivity index (χ1v) is 8.61. The van der Waals surface area contributed by atoms with Crippen LogP contribution in [-0.4, -0.2) is 28.0 Å². The lowest BCUT2D eigenvalue weighted by Crippen LogP contribution is -2.33. The number of thiazole rings is 1. The molecule has 2 aliphatic rings. The fourth-order valence-electron chi connectivity index (χ4n) is 3.82. The first-order chi connectivity index (χ1) is 9.76. The van der Waals surface area contributed by atoms with E-state index in [4.69, 9.17) is 10.7 Å². The van der Waals surface area contributed by atoms with Gasteiger partial charge in [-0.2, -0.15) is 0 Å². The molecule has 2 aromatic rings. The number of aromatic nitrogens is 2. The van der Waals surface area contributed by atoms with Crippen LogP contribution in [0.15, 0.2) is 11.6 Å². The van der Waals surface area contributed by atoms with Gasteiger partial charge in [-0.25, -0.2) is 4.98 Å². The Labute approximate surface area is 123 Å². The van der Waals surface area contributed by atoms with Crippen LogP contribution in [0.4, 0.5) is 5.82 Å². The lowest BCUT2D eigenvalue weighted by atomic mass is 10.1. The highest BCUT2D eigenvalue weighted by atomic mass is 32.1. The van der Waals surface area contributed by atoms with E-state index in [1.165, 1.54) is 37.3 Å². The largest absolute Gasteiger partial charge is 0.352 e. The first-order valence-electron chi connectivity index (χ1n) is 7.73. The van der Waals surface area contributed by atoms with Gasteiger partial charge in [-0.1, -0.05) is 6.92 Å². The molecule has 2 bridgehead atoms. The van der Waals surface area contributed by atoms with Gasteiger partial charge >= 0.3 is 0 Å². The lowest BCUT2D eigenvalue weighted by Gasteiger charge is -2.28. The fourth-order valence-corrected chi connectivity index (χ4v) is 4.55. The molecule has 1 saturated heterocycles. The summed E-state index contributed by atoms with van der Waals surface area (Å²) in [7, 11) is 0. The van der Waals surface area contributed by atoms with Gasteiger partial charge in [0.1, 0.15) is 0 Å². The topological polar surface area (TPSA) is 46.6 Å². The number of rotatable bonds is 4. The Morgan fingerprint density at radius 2 is 2.40 bits per heavy atom. The average Bonchev–Trinajstić information content (AvgIpc) is 3.19. The normalized spacial score (nSPS) is 26.8. The third kappa shape index (κ3) is 1.87. The van der Waals surface area contributed by atoms with E-state index >= 15 is 0 Å². The van der Waals surface area contributed by atoms with Crippen molar-refractivity contribution in [1.29, 1.82) is 0 Å². The molecule has 1 aliphatic carbocycles. The van der Waals surface area contributed by atoms with Crippen LogP contribution in [0.5, 0.6) is 0 Å². The minimum absolute atomic E-state index is 0.230. The molecule has 2 aromatic heterocycles. The summed E-state index contributed by atoms with van der Waals surface area (Å²) in [5.41, 5.74) is 7.53. The third-order valence-electron chi connectivity index (χ3n) is 5.00. The van der Waals surface area contributed by atoms with Crippen LogP contribution in [0.3, 0.4) is 0 Å². The summed E-state index contributed by atoms with van der Waals surface area (Å²) >= 11 is 1.72. The van der Waals surface area contributed by atoms with Crippen LogP contribution in [0.2, 0.25) is 0 Å². The Bertz CT molecular complexity index is 616. The van der Waals surface area contributed by atoms with Crippen LogP contribution in [0, 0.1) is 5.92 Å². The lowest BCUT2D eigenvalue weighted by molar-refractivity contribution is 0.547. The molecule has 0 spiro atoms. The van der Waals surface area contributed by atoms with Crippen molar-refractivity contribution < 1.29 is 0 Å². The number of nitrogens with zero attached hydrogens (tertiary/aromatic N) is 3. The number of fused-ring (bicyclic) bond motifs is 3. The van der Waals surface area contributed by atoms with E-state index in [-0.39, 0.29) is 6.04 Å². The fraction of sp³-hybridized carbons (Fsp3) is 0.667. The molecule has 5 heteroatoms. The van der Waals surface area contributed by atoms with E-state index in [0.717, 1.165) is 29.8 Å². The number of piperidine rings is 1. The second kappa shape index (κ2) is 4.74. The summed E-state index contributed by atoms with van der Waals surface area (Å²) < 4.78 is 2.25. The van der Waals surface area contributed by atoms with Crippen LogP contribution < -0.4 is 10.6 Å². The molecule has 4 nitrogen and oxygen atoms in total. The monoisotopic (exact) mass is 290 g/mol. The standard InChI is InChI=1S/C15H22N4S/c1-2-11(16)8-13-14(17-15-18(13)5-6-20-15)19-9-10-3-4-12(19)7-10/h5-6,10-12H,2-4,7-9,16H2,1H3. The molecule has 0 amide bonds. The van der Waals surface area contributed by atoms with Gasteiger partial charge in [-0.15, -0.1) is 11.3 Å². The molecule has 108 valence electrons. The van der Waals surface area contributed by atoms with Crippen molar-refractivity contribution in [3.63, 3.8) is 0 Å². The molecule has 1 aliphatic heterocycles. The zero-order chi connectivity index (χ0) is 13.7. The van der Waals surface area contributed by atoms with Crippen molar-refractivity contribution in [2.75, 3.05) is 11.4 Å². The van der Waals surface area contributed by atoms with E-state index in [0.29, 0.717) is 0 Å². The molecular weight excluding hydrogens is 268 g/mol. The van der Waals surface area contributed by atoms with E-state index in [2.05, 4.69) is 27.8 Å². The second-order valence-corrected chi connectivity index (χ2v) is 7.17. The van der Waals surface area contributed by atoms with E-state index in [1.54, 1.807) is 11.3 Å². The van der Waals surface area contributed by atoms with Gasteiger partial charge in [-0.05, 0) is 31.6 Å². The van der Waals surface area contributed by atoms with E-state index < -0.39 is 0 Å². The highest BCUT2D eigenvalue weighted by Gasteiger charge is 2.40. The molecular formula is C15H22N4S. The van der Waals surface area contributed by atoms with Crippen molar-refractivity contribution in [1.82, 2.24) is 9.38 Å². The number of anilines is 1. The molecule has 0 radical (unpaired) electrons. The zero-order valence-corrected chi connectivity index (χ0v) is 12.8. The molecule has 4 rings (SSSR count). The highest BCUT2D eigenvalue weighted by Crippen LogP contribution is 2.41. The molecule has 0 aromatic carbocycles. The van der Waals surface area contributed by atoms with E-state index in [9.17, 15) is 0 Å². The maximum Gasteiger partial charge on any atom is 0.195 e. The van der Waals surface area contributed by atoms with Crippen LogP contribution in [0.1, 0.15) is 38.3 Å². The number of imidazole rings is 1. The van der Waals surface area contributed by atoms with Crippen molar-refractivity contribution >= 4 is 22.1 Å². The predicted octanol–water partition coefficient (Wildman–Crippen LogP) is 2.66. The van der Waals surface area contributed by atoms with Crippen molar-refractivity contribution in [2.24, 2.45) is 11.7 Å². The minimum atomic E-state index is 0.230. The maximum atomic E-state index is 6.21. The van der Waals surface area contributed by atoms with Crippen molar-refractivity contribution in [3.8, 4) is 0 Å². The van der Waals surface area contributed by atoms with Gasteiger partial charge in [-0.3, -0.25) is 4.40 Å². The van der Waals surface area contributed by atoms with Gasteiger partial charge in [0, 0.05) is 36.6 Å². The summed E-state index contributed by atoms with van der Waals surface area (Å²) in [4.78, 5) is 8.59. The molecule has 20 heavy (non-hydrogen) atoms. The summed E-state index contributed by atoms with van der Waals surface area (Å²) in [5.74, 6) is 2.11. The first kappa shape index (κ1) is 12.7. The Morgan fingerprint density at radius 3 is 3.10 bits per heavy atom. The highest BCUT2D eigenvalue weighted by molar-refractivity contribution is 7.15. The van der Waals surface area contributed by atoms with Gasteiger partial charge < -0.3 is 10.6 Å². The second-order valence-electron chi connectivity index (χ2n) is 6.30. The summed E-state index contributed by atoms with van der Waals surface area (Å²) in [6.07, 6.45) is 8.20.